The van der Waals surface area contributed by atoms with E-state index in [0.29, 0.717) is 23.6 Å². The van der Waals surface area contributed by atoms with Crippen LogP contribution >= 0.6 is 0 Å². The normalized spacial score (nSPS) is 18.3. The lowest BCUT2D eigenvalue weighted by Gasteiger charge is -2.30. The van der Waals surface area contributed by atoms with Crippen LogP contribution in [0.5, 0.6) is 0 Å². The largest absolute Gasteiger partial charge is 0.465 e. The van der Waals surface area contributed by atoms with Crippen LogP contribution in [0.2, 0.25) is 0 Å². The zero-order chi connectivity index (χ0) is 22.5. The molecule has 1 aromatic heterocycles. The summed E-state index contributed by atoms with van der Waals surface area (Å²) in [6.07, 6.45) is 4.30. The molecular weight excluding hydrogens is 402 g/mol. The Morgan fingerprint density at radius 2 is 1.78 bits per heavy atom. The maximum atomic E-state index is 11.7. The number of anilines is 2. The number of benzene rings is 2. The van der Waals surface area contributed by atoms with E-state index in [1.807, 2.05) is 55.4 Å². The van der Waals surface area contributed by atoms with Crippen LogP contribution in [-0.2, 0) is 11.3 Å². The van der Waals surface area contributed by atoms with Gasteiger partial charge in [-0.15, -0.1) is 0 Å². The summed E-state index contributed by atoms with van der Waals surface area (Å²) in [4.78, 5) is 23.3. The minimum Gasteiger partial charge on any atom is -0.465 e. The smallest absolute Gasteiger partial charge is 0.337 e. The lowest BCUT2D eigenvalue weighted by Crippen LogP contribution is -2.37. The van der Waals surface area contributed by atoms with Crippen molar-refractivity contribution in [3.05, 3.63) is 59.7 Å². The molecule has 0 bridgehead atoms. The van der Waals surface area contributed by atoms with E-state index in [1.54, 1.807) is 6.07 Å². The van der Waals surface area contributed by atoms with E-state index >= 15 is 0 Å². The fourth-order valence-electron chi connectivity index (χ4n) is 4.28. The number of aromatic nitrogens is 2. The van der Waals surface area contributed by atoms with Gasteiger partial charge in [0.15, 0.2) is 0 Å². The van der Waals surface area contributed by atoms with Crippen molar-refractivity contribution < 1.29 is 9.53 Å². The predicted octanol–water partition coefficient (Wildman–Crippen LogP) is 4.00. The summed E-state index contributed by atoms with van der Waals surface area (Å²) >= 11 is 0. The Kier molecular flexibility index (Phi) is 6.85. The van der Waals surface area contributed by atoms with Crippen molar-refractivity contribution in [3.63, 3.8) is 0 Å². The fourth-order valence-corrected chi connectivity index (χ4v) is 4.28. The van der Waals surface area contributed by atoms with E-state index in [4.69, 9.17) is 14.7 Å². The van der Waals surface area contributed by atoms with E-state index in [0.717, 1.165) is 54.5 Å². The average molecular weight is 434 g/mol. The molecule has 1 heterocycles. The summed E-state index contributed by atoms with van der Waals surface area (Å²) in [5.41, 5.74) is 2.64. The molecule has 2 N–H and O–H groups in total. The molecule has 3 aromatic rings. The first-order chi connectivity index (χ1) is 15.5. The summed E-state index contributed by atoms with van der Waals surface area (Å²) in [6, 6.07) is 16.6. The Balaban J connectivity index is 1.32. The molecule has 0 unspecified atom stereocenters. The van der Waals surface area contributed by atoms with Gasteiger partial charge in [-0.25, -0.2) is 9.78 Å². The van der Waals surface area contributed by atoms with Crippen molar-refractivity contribution in [1.82, 2.24) is 15.3 Å². The number of carbonyl (C=O) groups excluding carboxylic acids is 1. The quantitative estimate of drug-likeness (QED) is 0.545. The molecule has 0 aliphatic heterocycles. The van der Waals surface area contributed by atoms with Gasteiger partial charge in [0.2, 0.25) is 5.95 Å². The van der Waals surface area contributed by atoms with Gasteiger partial charge in [0, 0.05) is 38.1 Å². The van der Waals surface area contributed by atoms with Crippen molar-refractivity contribution in [3.8, 4) is 0 Å². The van der Waals surface area contributed by atoms with Gasteiger partial charge in [0.05, 0.1) is 18.2 Å². The predicted molar refractivity (Wildman–Crippen MR) is 128 cm³/mol. The summed E-state index contributed by atoms with van der Waals surface area (Å²) in [7, 11) is 5.43. The van der Waals surface area contributed by atoms with Crippen LogP contribution in [0.25, 0.3) is 10.9 Å². The first kappa shape index (κ1) is 22.0. The van der Waals surface area contributed by atoms with E-state index in [2.05, 4.69) is 16.7 Å². The number of para-hydroxylation sites is 1. The number of nitrogens with one attached hydrogen (secondary N) is 2. The first-order valence-corrected chi connectivity index (χ1v) is 11.1. The van der Waals surface area contributed by atoms with E-state index in [1.165, 1.54) is 7.11 Å². The van der Waals surface area contributed by atoms with Gasteiger partial charge in [-0.2, -0.15) is 4.98 Å². The number of hydrogen-bond donors (Lipinski definition) is 2. The van der Waals surface area contributed by atoms with Gasteiger partial charge in [0.25, 0.3) is 0 Å². The fraction of sp³-hybridized carbons (Fsp3) is 0.400. The van der Waals surface area contributed by atoms with Gasteiger partial charge in [-0.1, -0.05) is 24.3 Å². The minimum atomic E-state index is -0.299. The Morgan fingerprint density at radius 1 is 1.03 bits per heavy atom. The molecule has 0 amide bonds. The highest BCUT2D eigenvalue weighted by Crippen LogP contribution is 2.26. The van der Waals surface area contributed by atoms with Crippen molar-refractivity contribution in [2.75, 3.05) is 31.4 Å². The number of fused-ring (bicyclic) bond motifs is 1. The lowest BCUT2D eigenvalue weighted by atomic mass is 9.91. The molecule has 0 saturated heterocycles. The number of methoxy groups -OCH3 is 1. The summed E-state index contributed by atoms with van der Waals surface area (Å²) < 4.78 is 4.81. The van der Waals surface area contributed by atoms with Crippen LogP contribution in [-0.4, -0.2) is 49.2 Å². The Hall–Kier alpha value is -3.19. The SMILES string of the molecule is COC(=O)c1cccc(CNC2CCC(Nc3nc(N(C)C)c4ccccc4n3)CC2)c1. The van der Waals surface area contributed by atoms with Crippen molar-refractivity contribution in [1.29, 1.82) is 0 Å². The molecule has 7 heteroatoms. The summed E-state index contributed by atoms with van der Waals surface area (Å²) in [5.74, 6) is 1.33. The second-order valence-corrected chi connectivity index (χ2v) is 8.55. The van der Waals surface area contributed by atoms with Crippen molar-refractivity contribution >= 4 is 28.6 Å². The van der Waals surface area contributed by atoms with Crippen LogP contribution in [0.4, 0.5) is 11.8 Å². The molecule has 0 radical (unpaired) electrons. The molecule has 1 fully saturated rings. The molecular formula is C25H31N5O2. The second kappa shape index (κ2) is 9.96. The maximum Gasteiger partial charge on any atom is 0.337 e. The Bertz CT molecular complexity index is 1080. The minimum absolute atomic E-state index is 0.299. The molecule has 1 aliphatic carbocycles. The first-order valence-electron chi connectivity index (χ1n) is 11.1. The van der Waals surface area contributed by atoms with E-state index < -0.39 is 0 Å². The van der Waals surface area contributed by atoms with Crippen LogP contribution in [0.1, 0.15) is 41.6 Å². The van der Waals surface area contributed by atoms with Crippen molar-refractivity contribution in [2.45, 2.75) is 44.3 Å². The maximum absolute atomic E-state index is 11.7. The molecule has 1 saturated carbocycles. The molecule has 32 heavy (non-hydrogen) atoms. The van der Waals surface area contributed by atoms with Crippen LogP contribution in [0.3, 0.4) is 0 Å². The van der Waals surface area contributed by atoms with Gasteiger partial charge in [-0.3, -0.25) is 0 Å². The molecule has 4 rings (SSSR count). The monoisotopic (exact) mass is 433 g/mol. The number of esters is 1. The second-order valence-electron chi connectivity index (χ2n) is 8.55. The number of hydrogen-bond acceptors (Lipinski definition) is 7. The average Bonchev–Trinajstić information content (AvgIpc) is 2.82. The highest BCUT2D eigenvalue weighted by molar-refractivity contribution is 5.90. The summed E-state index contributed by atoms with van der Waals surface area (Å²) in [5, 5.41) is 8.26. The third kappa shape index (κ3) is 5.16. The molecule has 7 nitrogen and oxygen atoms in total. The topological polar surface area (TPSA) is 79.4 Å². The Labute approximate surface area is 189 Å². The van der Waals surface area contributed by atoms with Gasteiger partial charge < -0.3 is 20.3 Å². The van der Waals surface area contributed by atoms with Gasteiger partial charge in [0.1, 0.15) is 5.82 Å². The van der Waals surface area contributed by atoms with E-state index in [-0.39, 0.29) is 5.97 Å². The van der Waals surface area contributed by atoms with Crippen LogP contribution in [0, 0.1) is 0 Å². The zero-order valence-electron chi connectivity index (χ0n) is 19.0. The third-order valence-corrected chi connectivity index (χ3v) is 6.01. The third-order valence-electron chi connectivity index (χ3n) is 6.01. The van der Waals surface area contributed by atoms with Crippen LogP contribution < -0.4 is 15.5 Å². The molecule has 0 atom stereocenters. The highest BCUT2D eigenvalue weighted by Gasteiger charge is 2.22. The van der Waals surface area contributed by atoms with E-state index in [9.17, 15) is 4.79 Å². The number of ether oxygens (including phenoxy) is 1. The lowest BCUT2D eigenvalue weighted by molar-refractivity contribution is 0.0600. The zero-order valence-corrected chi connectivity index (χ0v) is 19.0. The van der Waals surface area contributed by atoms with Gasteiger partial charge in [-0.05, 0) is 55.5 Å². The molecule has 2 aromatic carbocycles. The molecule has 1 aliphatic rings. The molecule has 168 valence electrons. The van der Waals surface area contributed by atoms with Crippen LogP contribution in [0.15, 0.2) is 48.5 Å². The Morgan fingerprint density at radius 3 is 2.53 bits per heavy atom. The molecule has 0 spiro atoms. The number of carbonyl (C=O) groups is 1. The summed E-state index contributed by atoms with van der Waals surface area (Å²) in [6.45, 7) is 0.744. The highest BCUT2D eigenvalue weighted by atomic mass is 16.5. The number of nitrogens with zero attached hydrogens (tertiary/aromatic N) is 3. The number of rotatable bonds is 7. The van der Waals surface area contributed by atoms with Gasteiger partial charge >= 0.3 is 5.97 Å². The standard InChI is InChI=1S/C25H31N5O2/c1-30(2)23-21-9-4-5-10-22(21)28-25(29-23)27-20-13-11-19(12-14-20)26-16-17-7-6-8-18(15-17)24(31)32-3/h4-10,15,19-20,26H,11-14,16H2,1-3H3,(H,27,28,29). The van der Waals surface area contributed by atoms with Crippen molar-refractivity contribution in [2.24, 2.45) is 0 Å².